The number of ether oxygens (including phenoxy) is 1. The van der Waals surface area contributed by atoms with Crippen molar-refractivity contribution in [2.24, 2.45) is 0 Å². The third-order valence-electron chi connectivity index (χ3n) is 2.58. The van der Waals surface area contributed by atoms with Gasteiger partial charge in [-0.2, -0.15) is 0 Å². The molecule has 1 aliphatic heterocycles. The van der Waals surface area contributed by atoms with Crippen molar-refractivity contribution < 1.29 is 4.74 Å². The highest BCUT2D eigenvalue weighted by Gasteiger charge is 2.16. The van der Waals surface area contributed by atoms with Crippen LogP contribution in [0, 0.1) is 0 Å². The van der Waals surface area contributed by atoms with Gasteiger partial charge < -0.3 is 15.4 Å². The highest BCUT2D eigenvalue weighted by atomic mass is 16.5. The quantitative estimate of drug-likeness (QED) is 0.622. The van der Waals surface area contributed by atoms with E-state index >= 15 is 0 Å². The second-order valence-corrected chi connectivity index (χ2v) is 3.88. The maximum Gasteiger partial charge on any atom is 0.0474 e. The summed E-state index contributed by atoms with van der Waals surface area (Å²) in [5.74, 6) is 0. The minimum Gasteiger partial charge on any atom is -0.385 e. The first-order valence-electron chi connectivity index (χ1n) is 5.28. The Hall–Kier alpha value is -0.120. The summed E-state index contributed by atoms with van der Waals surface area (Å²) < 4.78 is 5.00. The molecule has 0 aromatic rings. The molecule has 0 amide bonds. The van der Waals surface area contributed by atoms with Crippen molar-refractivity contribution in [2.75, 3.05) is 26.8 Å². The van der Waals surface area contributed by atoms with Crippen LogP contribution in [0.25, 0.3) is 0 Å². The van der Waals surface area contributed by atoms with E-state index < -0.39 is 0 Å². The van der Waals surface area contributed by atoms with Crippen molar-refractivity contribution in [1.82, 2.24) is 10.6 Å². The van der Waals surface area contributed by atoms with E-state index in [1.165, 1.54) is 12.8 Å². The van der Waals surface area contributed by atoms with Gasteiger partial charge in [0.2, 0.25) is 0 Å². The lowest BCUT2D eigenvalue weighted by Gasteiger charge is -2.28. The Morgan fingerprint density at radius 2 is 2.38 bits per heavy atom. The lowest BCUT2D eigenvalue weighted by Crippen LogP contribution is -2.45. The van der Waals surface area contributed by atoms with Crippen molar-refractivity contribution in [3.05, 3.63) is 0 Å². The minimum atomic E-state index is 0.675. The fraction of sp³-hybridized carbons (Fsp3) is 1.00. The Morgan fingerprint density at radius 1 is 1.54 bits per heavy atom. The predicted octanol–water partition coefficient (Wildman–Crippen LogP) is 0.753. The van der Waals surface area contributed by atoms with Gasteiger partial charge in [-0.3, -0.25) is 0 Å². The van der Waals surface area contributed by atoms with Gasteiger partial charge in [0.15, 0.2) is 0 Å². The van der Waals surface area contributed by atoms with Crippen LogP contribution in [0.3, 0.4) is 0 Å². The summed E-state index contributed by atoms with van der Waals surface area (Å²) in [4.78, 5) is 0. The van der Waals surface area contributed by atoms with Crippen molar-refractivity contribution in [2.45, 2.75) is 38.3 Å². The van der Waals surface area contributed by atoms with Gasteiger partial charge in [-0.15, -0.1) is 0 Å². The summed E-state index contributed by atoms with van der Waals surface area (Å²) in [5, 5.41) is 7.02. The molecular formula is C10H22N2O. The van der Waals surface area contributed by atoms with E-state index in [4.69, 9.17) is 4.74 Å². The lowest BCUT2D eigenvalue weighted by atomic mass is 10.0. The highest BCUT2D eigenvalue weighted by molar-refractivity contribution is 4.79. The average molecular weight is 186 g/mol. The summed E-state index contributed by atoms with van der Waals surface area (Å²) in [5.41, 5.74) is 0. The molecule has 0 radical (unpaired) electrons. The van der Waals surface area contributed by atoms with E-state index in [1.54, 1.807) is 7.11 Å². The third kappa shape index (κ3) is 4.60. The van der Waals surface area contributed by atoms with E-state index in [0.717, 1.165) is 26.1 Å². The van der Waals surface area contributed by atoms with Crippen LogP contribution in [-0.2, 0) is 4.74 Å². The molecule has 1 fully saturated rings. The van der Waals surface area contributed by atoms with Crippen LogP contribution in [0.1, 0.15) is 26.2 Å². The zero-order chi connectivity index (χ0) is 9.52. The van der Waals surface area contributed by atoms with E-state index in [0.29, 0.717) is 12.1 Å². The number of hydrogen-bond acceptors (Lipinski definition) is 3. The molecule has 0 spiro atoms. The van der Waals surface area contributed by atoms with Gasteiger partial charge in [-0.25, -0.2) is 0 Å². The van der Waals surface area contributed by atoms with Crippen LogP contribution in [0.2, 0.25) is 0 Å². The molecular weight excluding hydrogens is 164 g/mol. The monoisotopic (exact) mass is 186 g/mol. The maximum atomic E-state index is 5.00. The second-order valence-electron chi connectivity index (χ2n) is 3.88. The second kappa shape index (κ2) is 6.35. The molecule has 1 rings (SSSR count). The van der Waals surface area contributed by atoms with Crippen LogP contribution in [-0.4, -0.2) is 38.9 Å². The smallest absolute Gasteiger partial charge is 0.0474 e. The van der Waals surface area contributed by atoms with Gasteiger partial charge in [-0.05, 0) is 39.3 Å². The van der Waals surface area contributed by atoms with Crippen LogP contribution < -0.4 is 10.6 Å². The average Bonchev–Trinajstić information content (AvgIpc) is 2.13. The summed E-state index contributed by atoms with van der Waals surface area (Å²) in [7, 11) is 1.76. The van der Waals surface area contributed by atoms with Crippen LogP contribution in [0.15, 0.2) is 0 Å². The van der Waals surface area contributed by atoms with Gasteiger partial charge in [-0.1, -0.05) is 0 Å². The summed E-state index contributed by atoms with van der Waals surface area (Å²) in [6.07, 6.45) is 3.64. The highest BCUT2D eigenvalue weighted by Crippen LogP contribution is 2.07. The third-order valence-corrected chi connectivity index (χ3v) is 2.58. The maximum absolute atomic E-state index is 5.00. The molecule has 0 unspecified atom stereocenters. The standard InChI is InChI=1S/C10H22N2O/c1-9-8-10(4-6-11-9)12-5-3-7-13-2/h9-12H,3-8H2,1-2H3/t9-,10-/m1/s1. The SMILES string of the molecule is COCCCN[C@@H]1CCN[C@H](C)C1. The van der Waals surface area contributed by atoms with Crippen LogP contribution >= 0.6 is 0 Å². The van der Waals surface area contributed by atoms with Gasteiger partial charge >= 0.3 is 0 Å². The Kier molecular flexibility index (Phi) is 5.35. The van der Waals surface area contributed by atoms with E-state index in [2.05, 4.69) is 17.6 Å². The number of piperidine rings is 1. The van der Waals surface area contributed by atoms with Crippen LogP contribution in [0.4, 0.5) is 0 Å². The predicted molar refractivity (Wildman–Crippen MR) is 55.0 cm³/mol. The molecule has 0 bridgehead atoms. The molecule has 3 heteroatoms. The molecule has 1 heterocycles. The van der Waals surface area contributed by atoms with Gasteiger partial charge in [0, 0.05) is 25.8 Å². The van der Waals surface area contributed by atoms with Crippen molar-refractivity contribution >= 4 is 0 Å². The Labute approximate surface area is 81.2 Å². The summed E-state index contributed by atoms with van der Waals surface area (Å²) in [6, 6.07) is 1.39. The molecule has 2 N–H and O–H groups in total. The first-order valence-corrected chi connectivity index (χ1v) is 5.28. The van der Waals surface area contributed by atoms with Crippen molar-refractivity contribution in [1.29, 1.82) is 0 Å². The molecule has 2 atom stereocenters. The topological polar surface area (TPSA) is 33.3 Å². The molecule has 0 aliphatic carbocycles. The Morgan fingerprint density at radius 3 is 3.08 bits per heavy atom. The zero-order valence-corrected chi connectivity index (χ0v) is 8.81. The summed E-state index contributed by atoms with van der Waals surface area (Å²) >= 11 is 0. The van der Waals surface area contributed by atoms with Crippen molar-refractivity contribution in [3.8, 4) is 0 Å². The molecule has 13 heavy (non-hydrogen) atoms. The molecule has 3 nitrogen and oxygen atoms in total. The molecule has 78 valence electrons. The minimum absolute atomic E-state index is 0.675. The van der Waals surface area contributed by atoms with Crippen LogP contribution in [0.5, 0.6) is 0 Å². The molecule has 1 aliphatic rings. The zero-order valence-electron chi connectivity index (χ0n) is 8.81. The number of hydrogen-bond donors (Lipinski definition) is 2. The van der Waals surface area contributed by atoms with E-state index in [-0.39, 0.29) is 0 Å². The molecule has 1 saturated heterocycles. The summed E-state index contributed by atoms with van der Waals surface area (Å²) in [6.45, 7) is 5.37. The van der Waals surface area contributed by atoms with Crippen molar-refractivity contribution in [3.63, 3.8) is 0 Å². The van der Waals surface area contributed by atoms with Gasteiger partial charge in [0.1, 0.15) is 0 Å². The number of nitrogens with one attached hydrogen (secondary N) is 2. The van der Waals surface area contributed by atoms with Gasteiger partial charge in [0.25, 0.3) is 0 Å². The van der Waals surface area contributed by atoms with E-state index in [1.807, 2.05) is 0 Å². The molecule has 0 aromatic carbocycles. The Balaban J connectivity index is 2.00. The largest absolute Gasteiger partial charge is 0.385 e. The fourth-order valence-electron chi connectivity index (χ4n) is 1.84. The van der Waals surface area contributed by atoms with E-state index in [9.17, 15) is 0 Å². The normalized spacial score (nSPS) is 29.1. The Bertz CT molecular complexity index is 130. The first-order chi connectivity index (χ1) is 6.33. The molecule has 0 saturated carbocycles. The number of rotatable bonds is 5. The first kappa shape index (κ1) is 11.0. The lowest BCUT2D eigenvalue weighted by molar-refractivity contribution is 0.191. The fourth-order valence-corrected chi connectivity index (χ4v) is 1.84. The van der Waals surface area contributed by atoms with Gasteiger partial charge in [0.05, 0.1) is 0 Å². The molecule has 0 aromatic heterocycles. The number of methoxy groups -OCH3 is 1.